The maximum Gasteiger partial charge on any atom is 0.275 e. The molecule has 0 aliphatic carbocycles. The highest BCUT2D eigenvalue weighted by Gasteiger charge is 2.12. The van der Waals surface area contributed by atoms with Crippen LogP contribution in [0.2, 0.25) is 0 Å². The van der Waals surface area contributed by atoms with Gasteiger partial charge in [0.15, 0.2) is 5.84 Å². The van der Waals surface area contributed by atoms with Gasteiger partial charge in [0.1, 0.15) is 17.6 Å². The molecule has 126 valence electrons. The maximum atomic E-state index is 11.1. The number of nitro groups is 1. The lowest BCUT2D eigenvalue weighted by atomic mass is 10.2. The van der Waals surface area contributed by atoms with Crippen LogP contribution in [0.25, 0.3) is 0 Å². The average Bonchev–Trinajstić information content (AvgIpc) is 2.57. The summed E-state index contributed by atoms with van der Waals surface area (Å²) in [6.07, 6.45) is 0. The molecule has 2 aromatic carbocycles. The first-order valence-electron chi connectivity index (χ1n) is 7.01. The van der Waals surface area contributed by atoms with Gasteiger partial charge in [-0.3, -0.25) is 20.9 Å². The Morgan fingerprint density at radius 1 is 1.32 bits per heavy atom. The van der Waals surface area contributed by atoms with E-state index < -0.39 is 10.8 Å². The van der Waals surface area contributed by atoms with Crippen LogP contribution in [0.1, 0.15) is 5.56 Å². The summed E-state index contributed by atoms with van der Waals surface area (Å²) in [7, 11) is 0. The summed E-state index contributed by atoms with van der Waals surface area (Å²) in [5, 5.41) is 30.7. The van der Waals surface area contributed by atoms with Crippen LogP contribution in [0, 0.1) is 33.8 Å². The number of nitrogens with two attached hydrogens (primary N) is 1. The highest BCUT2D eigenvalue weighted by molar-refractivity contribution is 6.45. The molecular formula is C16H14N6O3. The summed E-state index contributed by atoms with van der Waals surface area (Å²) in [5.74, 6) is 0.218. The monoisotopic (exact) mass is 338 g/mol. The Bertz CT molecular complexity index is 884. The number of anilines is 1. The molecule has 25 heavy (non-hydrogen) atoms. The third-order valence-electron chi connectivity index (χ3n) is 3.02. The van der Waals surface area contributed by atoms with E-state index in [4.69, 9.17) is 21.1 Å². The minimum Gasteiger partial charge on any atom is -0.457 e. The van der Waals surface area contributed by atoms with Crippen LogP contribution >= 0.6 is 0 Å². The van der Waals surface area contributed by atoms with Crippen molar-refractivity contribution in [2.75, 3.05) is 5.43 Å². The van der Waals surface area contributed by atoms with Gasteiger partial charge in [0.25, 0.3) is 5.69 Å². The predicted molar refractivity (Wildman–Crippen MR) is 92.9 cm³/mol. The number of amidine groups is 1. The number of nitriles is 1. The van der Waals surface area contributed by atoms with E-state index in [1.807, 2.05) is 19.1 Å². The van der Waals surface area contributed by atoms with Gasteiger partial charge in [-0.1, -0.05) is 17.7 Å². The van der Waals surface area contributed by atoms with Crippen molar-refractivity contribution in [3.8, 4) is 17.6 Å². The molecule has 0 radical (unpaired) electrons. The Balaban J connectivity index is 2.33. The zero-order valence-corrected chi connectivity index (χ0v) is 13.2. The Labute approximate surface area is 143 Å². The topological polar surface area (TPSA) is 150 Å². The van der Waals surface area contributed by atoms with Crippen LogP contribution < -0.4 is 15.9 Å². The lowest BCUT2D eigenvalue weighted by Gasteiger charge is -2.08. The quantitative estimate of drug-likeness (QED) is 0.319. The van der Waals surface area contributed by atoms with Crippen LogP contribution in [-0.2, 0) is 0 Å². The smallest absolute Gasteiger partial charge is 0.275 e. The highest BCUT2D eigenvalue weighted by atomic mass is 16.6. The molecular weight excluding hydrogens is 324 g/mol. The van der Waals surface area contributed by atoms with Gasteiger partial charge in [-0.05, 0) is 19.1 Å². The van der Waals surface area contributed by atoms with Crippen molar-refractivity contribution in [1.82, 2.24) is 0 Å². The summed E-state index contributed by atoms with van der Waals surface area (Å²) in [5.41, 5.74) is 8.36. The van der Waals surface area contributed by atoms with Crippen LogP contribution in [0.5, 0.6) is 11.5 Å². The Hall–Kier alpha value is -3.93. The van der Waals surface area contributed by atoms with Gasteiger partial charge < -0.3 is 10.5 Å². The molecule has 0 saturated carbocycles. The highest BCUT2D eigenvalue weighted by Crippen LogP contribution is 2.29. The van der Waals surface area contributed by atoms with Gasteiger partial charge in [0.2, 0.25) is 5.71 Å². The number of benzene rings is 2. The minimum absolute atomic E-state index is 0.213. The molecule has 0 bridgehead atoms. The summed E-state index contributed by atoms with van der Waals surface area (Å²) < 4.78 is 5.62. The average molecular weight is 338 g/mol. The largest absolute Gasteiger partial charge is 0.457 e. The molecule has 0 aliphatic heterocycles. The van der Waals surface area contributed by atoms with Crippen LogP contribution in [0.4, 0.5) is 11.4 Å². The fourth-order valence-electron chi connectivity index (χ4n) is 1.82. The lowest BCUT2D eigenvalue weighted by molar-refractivity contribution is -0.384. The van der Waals surface area contributed by atoms with E-state index in [2.05, 4.69) is 10.5 Å². The zero-order valence-electron chi connectivity index (χ0n) is 13.2. The zero-order chi connectivity index (χ0) is 18.4. The molecule has 0 atom stereocenters. The minimum atomic E-state index is -0.576. The van der Waals surface area contributed by atoms with Crippen LogP contribution in [0.15, 0.2) is 47.6 Å². The molecule has 0 fully saturated rings. The third-order valence-corrected chi connectivity index (χ3v) is 3.02. The van der Waals surface area contributed by atoms with E-state index in [-0.39, 0.29) is 22.8 Å². The standard InChI is InChI=1S/C16H14N6O3/c1-10-2-4-13(5-3-10)25-14-7-11(6-12(8-14)22(23)24)20-21-15(9-17)16(18)19/h2-8,20H,1H3,(H3,18,19)/b21-15+. The number of ether oxygens (including phenoxy) is 1. The Morgan fingerprint density at radius 3 is 2.56 bits per heavy atom. The first kappa shape index (κ1) is 17.4. The Morgan fingerprint density at radius 2 is 2.00 bits per heavy atom. The van der Waals surface area contributed by atoms with E-state index in [1.54, 1.807) is 18.2 Å². The molecule has 0 amide bonds. The molecule has 0 aromatic heterocycles. The maximum absolute atomic E-state index is 11.1. The molecule has 9 nitrogen and oxygen atoms in total. The normalized spacial score (nSPS) is 10.6. The molecule has 0 aliphatic rings. The van der Waals surface area contributed by atoms with Gasteiger partial charge in [0, 0.05) is 12.1 Å². The molecule has 0 unspecified atom stereocenters. The van der Waals surface area contributed by atoms with Crippen molar-refractivity contribution < 1.29 is 9.66 Å². The second kappa shape index (κ2) is 7.56. The number of aryl methyl sites for hydroxylation is 1. The second-order valence-corrected chi connectivity index (χ2v) is 4.99. The number of rotatable bonds is 6. The van der Waals surface area contributed by atoms with Gasteiger partial charge in [-0.2, -0.15) is 10.4 Å². The first-order valence-corrected chi connectivity index (χ1v) is 7.01. The molecule has 2 aromatic rings. The number of non-ortho nitro benzene ring substituents is 1. The van der Waals surface area contributed by atoms with Crippen molar-refractivity contribution in [2.24, 2.45) is 10.8 Å². The van der Waals surface area contributed by atoms with Crippen molar-refractivity contribution in [2.45, 2.75) is 6.92 Å². The molecule has 9 heteroatoms. The van der Waals surface area contributed by atoms with E-state index in [0.29, 0.717) is 5.75 Å². The SMILES string of the molecule is Cc1ccc(Oc2cc(N/N=C(\C#N)C(=N)N)cc([N+](=O)[O-])c2)cc1. The molecule has 4 N–H and O–H groups in total. The summed E-state index contributed by atoms with van der Waals surface area (Å²) in [4.78, 5) is 10.5. The fourth-order valence-corrected chi connectivity index (χ4v) is 1.82. The lowest BCUT2D eigenvalue weighted by Crippen LogP contribution is -2.21. The molecule has 0 spiro atoms. The second-order valence-electron chi connectivity index (χ2n) is 4.99. The number of nitrogens with zero attached hydrogens (tertiary/aromatic N) is 3. The van der Waals surface area contributed by atoms with Gasteiger partial charge >= 0.3 is 0 Å². The molecule has 0 heterocycles. The van der Waals surface area contributed by atoms with E-state index >= 15 is 0 Å². The number of nitrogens with one attached hydrogen (secondary N) is 2. The summed E-state index contributed by atoms with van der Waals surface area (Å²) in [6.45, 7) is 1.93. The number of hydrazone groups is 1. The molecule has 2 rings (SSSR count). The van der Waals surface area contributed by atoms with E-state index in [0.717, 1.165) is 5.56 Å². The number of hydrogen-bond acceptors (Lipinski definition) is 7. The summed E-state index contributed by atoms with van der Waals surface area (Å²) >= 11 is 0. The van der Waals surface area contributed by atoms with E-state index in [9.17, 15) is 10.1 Å². The predicted octanol–water partition coefficient (Wildman–Crippen LogP) is 2.92. The van der Waals surface area contributed by atoms with Crippen molar-refractivity contribution in [3.63, 3.8) is 0 Å². The number of hydrogen-bond donors (Lipinski definition) is 3. The third kappa shape index (κ3) is 4.77. The van der Waals surface area contributed by atoms with Crippen LogP contribution in [-0.4, -0.2) is 16.5 Å². The molecule has 0 saturated heterocycles. The first-order chi connectivity index (χ1) is 11.9. The summed E-state index contributed by atoms with van der Waals surface area (Å²) in [6, 6.07) is 12.8. The van der Waals surface area contributed by atoms with Crippen molar-refractivity contribution in [1.29, 1.82) is 10.7 Å². The van der Waals surface area contributed by atoms with Gasteiger partial charge in [0.05, 0.1) is 16.7 Å². The van der Waals surface area contributed by atoms with Crippen molar-refractivity contribution in [3.05, 3.63) is 58.1 Å². The van der Waals surface area contributed by atoms with Crippen LogP contribution in [0.3, 0.4) is 0 Å². The fraction of sp³-hybridized carbons (Fsp3) is 0.0625. The van der Waals surface area contributed by atoms with Gasteiger partial charge in [-0.25, -0.2) is 0 Å². The van der Waals surface area contributed by atoms with Gasteiger partial charge in [-0.15, -0.1) is 0 Å². The van der Waals surface area contributed by atoms with E-state index in [1.165, 1.54) is 18.2 Å². The number of nitro benzene ring substituents is 1. The van der Waals surface area contributed by atoms with Crippen molar-refractivity contribution >= 4 is 22.9 Å². The Kier molecular flexibility index (Phi) is 5.27.